The van der Waals surface area contributed by atoms with Crippen molar-refractivity contribution in [2.45, 2.75) is 124 Å². The number of hydrogen-bond donors (Lipinski definition) is 1. The zero-order valence-electron chi connectivity index (χ0n) is 28.6. The first-order chi connectivity index (χ1) is 21.9. The van der Waals surface area contributed by atoms with Crippen molar-refractivity contribution in [3.05, 3.63) is 64.7 Å². The number of piperidine rings is 1. The van der Waals surface area contributed by atoms with Crippen LogP contribution >= 0.6 is 0 Å². The van der Waals surface area contributed by atoms with E-state index in [1.54, 1.807) is 32.0 Å². The summed E-state index contributed by atoms with van der Waals surface area (Å²) in [6.45, 7) is 11.9. The Morgan fingerprint density at radius 3 is 2.41 bits per heavy atom. The number of likely N-dealkylation sites (tertiary alicyclic amines) is 1. The van der Waals surface area contributed by atoms with Crippen LogP contribution in [0.15, 0.2) is 42.5 Å². The van der Waals surface area contributed by atoms with Crippen molar-refractivity contribution in [1.82, 2.24) is 4.90 Å². The van der Waals surface area contributed by atoms with Crippen molar-refractivity contribution >= 4 is 35.0 Å². The standard InChI is InChI=1S/C38H52N2O6/c1-7-9-15-31(41)20-22-34(42)39-30-14-12-13-29(25-30)33(21-19-28-18-17-26(3)27(4)24-28)46-37(45)32-16-10-11-23-40(32)36(44)35(43)38(5,6)8-2/h12-14,17-18,24-25,32-33H,7-11,15-16,19-23H2,1-6H3,(H,39,42)/t32-,33+/m0/s1. The van der Waals surface area contributed by atoms with Gasteiger partial charge in [-0.05, 0) is 93.2 Å². The Kier molecular flexibility index (Phi) is 13.7. The van der Waals surface area contributed by atoms with Gasteiger partial charge in [-0.2, -0.15) is 0 Å². The Hall–Kier alpha value is -3.81. The summed E-state index contributed by atoms with van der Waals surface area (Å²) in [6.07, 6.45) is 5.46. The minimum atomic E-state index is -0.838. The SMILES string of the molecule is CCCCC(=O)CCC(=O)Nc1cccc([C@@H](CCc2ccc(C)c(C)c2)OC(=O)[C@@H]2CCCCN2C(=O)C(=O)C(C)(C)CC)c1. The second-order valence-electron chi connectivity index (χ2n) is 13.3. The summed E-state index contributed by atoms with van der Waals surface area (Å²) in [5.41, 5.74) is 3.95. The summed E-state index contributed by atoms with van der Waals surface area (Å²) < 4.78 is 6.20. The van der Waals surface area contributed by atoms with Crippen molar-refractivity contribution < 1.29 is 28.7 Å². The molecule has 0 saturated carbocycles. The molecule has 0 radical (unpaired) electrons. The van der Waals surface area contributed by atoms with Gasteiger partial charge in [0.1, 0.15) is 17.9 Å². The number of aryl methyl sites for hydroxylation is 3. The first-order valence-electron chi connectivity index (χ1n) is 16.9. The quantitative estimate of drug-likeness (QED) is 0.153. The lowest BCUT2D eigenvalue weighted by Crippen LogP contribution is -2.53. The largest absolute Gasteiger partial charge is 0.456 e. The molecule has 8 heteroatoms. The second-order valence-corrected chi connectivity index (χ2v) is 13.3. The molecule has 0 aliphatic carbocycles. The first kappa shape index (κ1) is 36.7. The van der Waals surface area contributed by atoms with Crippen molar-refractivity contribution in [2.24, 2.45) is 5.41 Å². The highest BCUT2D eigenvalue weighted by atomic mass is 16.5. The van der Waals surface area contributed by atoms with E-state index in [0.717, 1.165) is 31.2 Å². The van der Waals surface area contributed by atoms with Crippen LogP contribution in [0.3, 0.4) is 0 Å². The van der Waals surface area contributed by atoms with Crippen LogP contribution in [0.5, 0.6) is 0 Å². The number of nitrogens with one attached hydrogen (secondary N) is 1. The normalized spacial score (nSPS) is 15.6. The average Bonchev–Trinajstić information content (AvgIpc) is 3.05. The maximum Gasteiger partial charge on any atom is 0.329 e. The zero-order valence-corrected chi connectivity index (χ0v) is 28.6. The minimum absolute atomic E-state index is 0.0827. The van der Waals surface area contributed by atoms with Gasteiger partial charge in [-0.1, -0.05) is 64.4 Å². The molecule has 2 aromatic carbocycles. The monoisotopic (exact) mass is 632 g/mol. The molecule has 1 aliphatic heterocycles. The predicted octanol–water partition coefficient (Wildman–Crippen LogP) is 7.38. The van der Waals surface area contributed by atoms with E-state index in [9.17, 15) is 24.0 Å². The van der Waals surface area contributed by atoms with E-state index >= 15 is 0 Å². The summed E-state index contributed by atoms with van der Waals surface area (Å²) in [5.74, 6) is -1.81. The van der Waals surface area contributed by atoms with Gasteiger partial charge < -0.3 is 15.0 Å². The second kappa shape index (κ2) is 17.2. The Labute approximate surface area is 274 Å². The van der Waals surface area contributed by atoms with Crippen LogP contribution in [0.25, 0.3) is 0 Å². The summed E-state index contributed by atoms with van der Waals surface area (Å²) in [4.78, 5) is 66.4. The third-order valence-electron chi connectivity index (χ3n) is 9.24. The molecule has 2 aromatic rings. The van der Waals surface area contributed by atoms with Crippen LogP contribution in [-0.2, 0) is 35.1 Å². The molecule has 1 fully saturated rings. The fourth-order valence-corrected chi connectivity index (χ4v) is 5.56. The Morgan fingerprint density at radius 1 is 0.957 bits per heavy atom. The molecule has 8 nitrogen and oxygen atoms in total. The molecular formula is C38H52N2O6. The highest BCUT2D eigenvalue weighted by Crippen LogP contribution is 2.30. The molecule has 0 aromatic heterocycles. The number of rotatable bonds is 16. The highest BCUT2D eigenvalue weighted by molar-refractivity contribution is 6.38. The number of ketones is 2. The average molecular weight is 633 g/mol. The van der Waals surface area contributed by atoms with Crippen LogP contribution in [0.2, 0.25) is 0 Å². The van der Waals surface area contributed by atoms with Crippen LogP contribution in [0, 0.1) is 19.3 Å². The third kappa shape index (κ3) is 10.4. The lowest BCUT2D eigenvalue weighted by Gasteiger charge is -2.36. The van der Waals surface area contributed by atoms with Gasteiger partial charge in [0, 0.05) is 36.9 Å². The number of unbranched alkanes of at least 4 members (excludes halogenated alkanes) is 1. The molecule has 1 N–H and O–H groups in total. The number of carbonyl (C=O) groups is 5. The smallest absolute Gasteiger partial charge is 0.329 e. The molecule has 2 atom stereocenters. The van der Waals surface area contributed by atoms with Crippen molar-refractivity contribution in [1.29, 1.82) is 0 Å². The summed E-state index contributed by atoms with van der Waals surface area (Å²) in [6, 6.07) is 12.7. The van der Waals surface area contributed by atoms with E-state index in [1.165, 1.54) is 16.0 Å². The predicted molar refractivity (Wildman–Crippen MR) is 180 cm³/mol. The van der Waals surface area contributed by atoms with Gasteiger partial charge in [0.25, 0.3) is 5.91 Å². The number of amides is 2. The fourth-order valence-electron chi connectivity index (χ4n) is 5.56. The number of nitrogens with zero attached hydrogens (tertiary/aromatic N) is 1. The Bertz CT molecular complexity index is 1400. The molecule has 250 valence electrons. The maximum atomic E-state index is 13.8. The minimum Gasteiger partial charge on any atom is -0.456 e. The fraction of sp³-hybridized carbons (Fsp3) is 0.553. The lowest BCUT2D eigenvalue weighted by molar-refractivity contribution is -0.164. The first-order valence-corrected chi connectivity index (χ1v) is 16.9. The van der Waals surface area contributed by atoms with E-state index in [0.29, 0.717) is 49.9 Å². The molecular weight excluding hydrogens is 580 g/mol. The molecule has 3 rings (SSSR count). The van der Waals surface area contributed by atoms with Crippen molar-refractivity contribution in [3.63, 3.8) is 0 Å². The van der Waals surface area contributed by atoms with E-state index in [-0.39, 0.29) is 24.5 Å². The van der Waals surface area contributed by atoms with Gasteiger partial charge in [0.15, 0.2) is 0 Å². The molecule has 1 aliphatic rings. The van der Waals surface area contributed by atoms with Crippen LogP contribution < -0.4 is 5.32 Å². The van der Waals surface area contributed by atoms with Crippen molar-refractivity contribution in [2.75, 3.05) is 11.9 Å². The van der Waals surface area contributed by atoms with Crippen LogP contribution in [0.1, 0.15) is 120 Å². The van der Waals surface area contributed by atoms with Gasteiger partial charge in [-0.3, -0.25) is 19.2 Å². The molecule has 2 amide bonds. The number of carbonyl (C=O) groups excluding carboxylic acids is 5. The molecule has 46 heavy (non-hydrogen) atoms. The number of anilines is 1. The number of Topliss-reactive ketones (excluding diaryl/α,β-unsaturated/α-hetero) is 2. The zero-order chi connectivity index (χ0) is 33.9. The molecule has 1 heterocycles. The Balaban J connectivity index is 1.81. The van der Waals surface area contributed by atoms with Crippen molar-refractivity contribution in [3.8, 4) is 0 Å². The highest BCUT2D eigenvalue weighted by Gasteiger charge is 2.41. The topological polar surface area (TPSA) is 110 Å². The summed E-state index contributed by atoms with van der Waals surface area (Å²) in [5, 5.41) is 2.88. The van der Waals surface area contributed by atoms with E-state index in [2.05, 4.69) is 37.4 Å². The number of hydrogen-bond acceptors (Lipinski definition) is 6. The van der Waals surface area contributed by atoms with Gasteiger partial charge in [-0.25, -0.2) is 4.79 Å². The van der Waals surface area contributed by atoms with Crippen LogP contribution in [0.4, 0.5) is 5.69 Å². The number of esters is 1. The summed E-state index contributed by atoms with van der Waals surface area (Å²) >= 11 is 0. The van der Waals surface area contributed by atoms with Gasteiger partial charge >= 0.3 is 5.97 Å². The lowest BCUT2D eigenvalue weighted by atomic mass is 9.84. The van der Waals surface area contributed by atoms with E-state index in [1.807, 2.05) is 19.9 Å². The number of ether oxygens (including phenoxy) is 1. The molecule has 0 unspecified atom stereocenters. The van der Waals surface area contributed by atoms with E-state index in [4.69, 9.17) is 4.74 Å². The van der Waals surface area contributed by atoms with Gasteiger partial charge in [-0.15, -0.1) is 0 Å². The van der Waals surface area contributed by atoms with Gasteiger partial charge in [0.05, 0.1) is 0 Å². The van der Waals surface area contributed by atoms with Crippen LogP contribution in [-0.4, -0.2) is 46.8 Å². The molecule has 1 saturated heterocycles. The Morgan fingerprint density at radius 2 is 1.72 bits per heavy atom. The number of benzene rings is 2. The molecule has 0 spiro atoms. The summed E-state index contributed by atoms with van der Waals surface area (Å²) in [7, 11) is 0. The molecule has 0 bridgehead atoms. The maximum absolute atomic E-state index is 13.8. The van der Waals surface area contributed by atoms with Gasteiger partial charge in [0.2, 0.25) is 11.7 Å². The third-order valence-corrected chi connectivity index (χ3v) is 9.24. The van der Waals surface area contributed by atoms with E-state index < -0.39 is 35.2 Å².